The lowest BCUT2D eigenvalue weighted by Crippen LogP contribution is -2.39. The summed E-state index contributed by atoms with van der Waals surface area (Å²) in [6.45, 7) is 0.674. The monoisotopic (exact) mass is 298 g/mol. The van der Waals surface area contributed by atoms with Crippen molar-refractivity contribution in [2.24, 2.45) is 0 Å². The lowest BCUT2D eigenvalue weighted by molar-refractivity contribution is -0.135. The van der Waals surface area contributed by atoms with Crippen LogP contribution in [0.1, 0.15) is 17.2 Å². The minimum Gasteiger partial charge on any atom is -0.344 e. The number of hydrogen-bond acceptors (Lipinski definition) is 4. The second-order valence-electron chi connectivity index (χ2n) is 5.52. The maximum Gasteiger partial charge on any atom is 0.244 e. The Labute approximate surface area is 131 Å². The van der Waals surface area contributed by atoms with E-state index in [1.165, 1.54) is 5.56 Å². The SMILES string of the molecule is CN(CCc1ccncc1)C(=O)C(c1cccnc1)N(C)C. The molecule has 5 nitrogen and oxygen atoms in total. The summed E-state index contributed by atoms with van der Waals surface area (Å²) in [4.78, 5) is 24.6. The lowest BCUT2D eigenvalue weighted by atomic mass is 10.1. The molecule has 0 aliphatic rings. The van der Waals surface area contributed by atoms with E-state index < -0.39 is 0 Å². The molecule has 2 aromatic heterocycles. The molecular weight excluding hydrogens is 276 g/mol. The van der Waals surface area contributed by atoms with Crippen LogP contribution in [0.5, 0.6) is 0 Å². The highest BCUT2D eigenvalue weighted by atomic mass is 16.2. The van der Waals surface area contributed by atoms with E-state index in [0.717, 1.165) is 12.0 Å². The van der Waals surface area contributed by atoms with Gasteiger partial charge in [0.25, 0.3) is 0 Å². The Bertz CT molecular complexity index is 586. The van der Waals surface area contributed by atoms with Crippen LogP contribution in [0.3, 0.4) is 0 Å². The van der Waals surface area contributed by atoms with E-state index in [1.54, 1.807) is 29.7 Å². The predicted molar refractivity (Wildman–Crippen MR) is 86.2 cm³/mol. The largest absolute Gasteiger partial charge is 0.344 e. The number of pyridine rings is 2. The Morgan fingerprint density at radius 3 is 2.41 bits per heavy atom. The van der Waals surface area contributed by atoms with Crippen LogP contribution in [-0.2, 0) is 11.2 Å². The van der Waals surface area contributed by atoms with Crippen LogP contribution in [0, 0.1) is 0 Å². The molecule has 5 heteroatoms. The van der Waals surface area contributed by atoms with Gasteiger partial charge in [-0.25, -0.2) is 0 Å². The molecule has 1 unspecified atom stereocenters. The number of carbonyl (C=O) groups is 1. The van der Waals surface area contributed by atoms with Crippen molar-refractivity contribution in [2.75, 3.05) is 27.7 Å². The molecule has 0 saturated heterocycles. The fourth-order valence-electron chi connectivity index (χ4n) is 2.36. The van der Waals surface area contributed by atoms with Crippen LogP contribution in [0.2, 0.25) is 0 Å². The molecule has 0 spiro atoms. The first-order chi connectivity index (χ1) is 10.6. The van der Waals surface area contributed by atoms with Crippen LogP contribution in [-0.4, -0.2) is 53.4 Å². The number of aromatic nitrogens is 2. The van der Waals surface area contributed by atoms with Crippen molar-refractivity contribution in [3.05, 3.63) is 60.2 Å². The third-order valence-electron chi connectivity index (χ3n) is 3.61. The summed E-state index contributed by atoms with van der Waals surface area (Å²) in [5.74, 6) is 0.0760. The second kappa shape index (κ2) is 7.66. The van der Waals surface area contributed by atoms with Crippen molar-refractivity contribution in [3.63, 3.8) is 0 Å². The van der Waals surface area contributed by atoms with Gasteiger partial charge in [-0.2, -0.15) is 0 Å². The number of hydrogen-bond donors (Lipinski definition) is 0. The summed E-state index contributed by atoms with van der Waals surface area (Å²) in [5, 5.41) is 0. The van der Waals surface area contributed by atoms with Gasteiger partial charge in [0.05, 0.1) is 0 Å². The Kier molecular flexibility index (Phi) is 5.61. The summed E-state index contributed by atoms with van der Waals surface area (Å²) in [5.41, 5.74) is 2.09. The number of amides is 1. The molecule has 0 aromatic carbocycles. The molecule has 116 valence electrons. The first-order valence-corrected chi connectivity index (χ1v) is 7.30. The van der Waals surface area contributed by atoms with Gasteiger partial charge in [0, 0.05) is 38.4 Å². The summed E-state index contributed by atoms with van der Waals surface area (Å²) in [6.07, 6.45) is 7.83. The van der Waals surface area contributed by atoms with Crippen LogP contribution >= 0.6 is 0 Å². The van der Waals surface area contributed by atoms with Gasteiger partial charge in [-0.1, -0.05) is 6.07 Å². The molecule has 0 radical (unpaired) electrons. The van der Waals surface area contributed by atoms with E-state index >= 15 is 0 Å². The van der Waals surface area contributed by atoms with Crippen molar-refractivity contribution in [1.82, 2.24) is 19.8 Å². The summed E-state index contributed by atoms with van der Waals surface area (Å²) >= 11 is 0. The summed E-state index contributed by atoms with van der Waals surface area (Å²) in [6, 6.07) is 7.43. The van der Waals surface area contributed by atoms with Crippen LogP contribution in [0.25, 0.3) is 0 Å². The number of carbonyl (C=O) groups excluding carboxylic acids is 1. The normalized spacial score (nSPS) is 12.2. The van der Waals surface area contributed by atoms with E-state index in [4.69, 9.17) is 0 Å². The number of nitrogens with zero attached hydrogens (tertiary/aromatic N) is 4. The quantitative estimate of drug-likeness (QED) is 0.815. The molecule has 22 heavy (non-hydrogen) atoms. The van der Waals surface area contributed by atoms with Crippen LogP contribution in [0.15, 0.2) is 49.1 Å². The van der Waals surface area contributed by atoms with Gasteiger partial charge >= 0.3 is 0 Å². The van der Waals surface area contributed by atoms with Gasteiger partial charge in [-0.15, -0.1) is 0 Å². The second-order valence-corrected chi connectivity index (χ2v) is 5.52. The van der Waals surface area contributed by atoms with Gasteiger partial charge in [-0.05, 0) is 49.8 Å². The Balaban J connectivity index is 2.04. The van der Waals surface area contributed by atoms with Gasteiger partial charge < -0.3 is 4.90 Å². The highest BCUT2D eigenvalue weighted by Crippen LogP contribution is 2.19. The Hall–Kier alpha value is -2.27. The van der Waals surface area contributed by atoms with E-state index in [2.05, 4.69) is 9.97 Å². The molecule has 2 heterocycles. The van der Waals surface area contributed by atoms with Crippen LogP contribution in [0.4, 0.5) is 0 Å². The molecule has 1 amide bonds. The minimum absolute atomic E-state index is 0.0760. The number of rotatable bonds is 6. The van der Waals surface area contributed by atoms with E-state index in [1.807, 2.05) is 50.3 Å². The zero-order valence-corrected chi connectivity index (χ0v) is 13.3. The van der Waals surface area contributed by atoms with Gasteiger partial charge in [-0.3, -0.25) is 19.7 Å². The first-order valence-electron chi connectivity index (χ1n) is 7.30. The molecule has 2 aromatic rings. The zero-order valence-electron chi connectivity index (χ0n) is 13.3. The topological polar surface area (TPSA) is 49.3 Å². The van der Waals surface area contributed by atoms with Crippen molar-refractivity contribution in [3.8, 4) is 0 Å². The molecular formula is C17H22N4O. The number of likely N-dealkylation sites (N-methyl/N-ethyl adjacent to an activating group) is 2. The van der Waals surface area contributed by atoms with E-state index in [-0.39, 0.29) is 11.9 Å². The van der Waals surface area contributed by atoms with Gasteiger partial charge in [0.1, 0.15) is 6.04 Å². The average Bonchev–Trinajstić information content (AvgIpc) is 2.54. The van der Waals surface area contributed by atoms with Crippen molar-refractivity contribution < 1.29 is 4.79 Å². The highest BCUT2D eigenvalue weighted by Gasteiger charge is 2.25. The van der Waals surface area contributed by atoms with E-state index in [0.29, 0.717) is 6.54 Å². The first kappa shape index (κ1) is 16.1. The lowest BCUT2D eigenvalue weighted by Gasteiger charge is -2.28. The Morgan fingerprint density at radius 1 is 1.09 bits per heavy atom. The summed E-state index contributed by atoms with van der Waals surface area (Å²) in [7, 11) is 5.66. The maximum absolute atomic E-state index is 12.8. The molecule has 2 rings (SSSR count). The maximum atomic E-state index is 12.8. The summed E-state index contributed by atoms with van der Waals surface area (Å²) < 4.78 is 0. The standard InChI is InChI=1S/C17H22N4O/c1-20(2)16(15-5-4-9-19-13-15)17(22)21(3)12-8-14-6-10-18-11-7-14/h4-7,9-11,13,16H,8,12H2,1-3H3. The van der Waals surface area contributed by atoms with Gasteiger partial charge in [0.15, 0.2) is 0 Å². The molecule has 0 aliphatic carbocycles. The molecule has 0 bridgehead atoms. The molecule has 0 saturated carbocycles. The van der Waals surface area contributed by atoms with Crippen molar-refractivity contribution in [1.29, 1.82) is 0 Å². The van der Waals surface area contributed by atoms with Gasteiger partial charge in [0.2, 0.25) is 5.91 Å². The minimum atomic E-state index is -0.309. The fourth-order valence-corrected chi connectivity index (χ4v) is 2.36. The van der Waals surface area contributed by atoms with Crippen LogP contribution < -0.4 is 0 Å². The molecule has 0 N–H and O–H groups in total. The average molecular weight is 298 g/mol. The van der Waals surface area contributed by atoms with E-state index in [9.17, 15) is 4.79 Å². The fraction of sp³-hybridized carbons (Fsp3) is 0.353. The predicted octanol–water partition coefficient (Wildman–Crippen LogP) is 1.78. The molecule has 0 aliphatic heterocycles. The molecule has 0 fully saturated rings. The Morgan fingerprint density at radius 2 is 1.82 bits per heavy atom. The molecule has 1 atom stereocenters. The third-order valence-corrected chi connectivity index (χ3v) is 3.61. The zero-order chi connectivity index (χ0) is 15.9. The smallest absolute Gasteiger partial charge is 0.244 e. The van der Waals surface area contributed by atoms with Crippen molar-refractivity contribution >= 4 is 5.91 Å². The highest BCUT2D eigenvalue weighted by molar-refractivity contribution is 5.83. The van der Waals surface area contributed by atoms with Crippen molar-refractivity contribution in [2.45, 2.75) is 12.5 Å². The third kappa shape index (κ3) is 4.11.